The van der Waals surface area contributed by atoms with Crippen LogP contribution in [-0.2, 0) is 4.43 Å². The van der Waals surface area contributed by atoms with Gasteiger partial charge in [-0.05, 0) is 35.7 Å². The molecule has 0 unspecified atom stereocenters. The molecule has 1 fully saturated rings. The van der Waals surface area contributed by atoms with Gasteiger partial charge in [-0.15, -0.1) is 0 Å². The molecule has 0 heterocycles. The second kappa shape index (κ2) is 4.32. The molecule has 18 heavy (non-hydrogen) atoms. The van der Waals surface area contributed by atoms with Crippen molar-refractivity contribution < 1.29 is 4.43 Å². The minimum atomic E-state index is -1.61. The molecule has 0 saturated heterocycles. The van der Waals surface area contributed by atoms with Gasteiger partial charge < -0.3 is 4.43 Å². The van der Waals surface area contributed by atoms with E-state index in [0.29, 0.717) is 4.66 Å². The van der Waals surface area contributed by atoms with Gasteiger partial charge in [-0.25, -0.2) is 0 Å². The molecule has 1 aromatic rings. The van der Waals surface area contributed by atoms with Crippen LogP contribution >= 0.6 is 0 Å². The Hall–Kier alpha value is -0.386. The van der Waals surface area contributed by atoms with Crippen LogP contribution in [0.3, 0.4) is 0 Å². The second-order valence-corrected chi connectivity index (χ2v) is 17.3. The molecule has 2 rings (SSSR count). The van der Waals surface area contributed by atoms with E-state index in [-0.39, 0.29) is 0 Å². The molecule has 0 radical (unpaired) electrons. The summed E-state index contributed by atoms with van der Waals surface area (Å²) in [7, 11) is -0.928. The first-order valence-corrected chi connectivity index (χ1v) is 13.3. The highest BCUT2D eigenvalue weighted by molar-refractivity contribution is 6.98. The molecule has 3 heteroatoms. The van der Waals surface area contributed by atoms with E-state index in [1.165, 1.54) is 12.0 Å². The maximum absolute atomic E-state index is 6.02. The van der Waals surface area contributed by atoms with Crippen LogP contribution in [0.15, 0.2) is 30.3 Å². The Morgan fingerprint density at radius 1 is 1.06 bits per heavy atom. The first kappa shape index (κ1) is 14.0. The summed E-state index contributed by atoms with van der Waals surface area (Å²) in [5.41, 5.74) is 1.53. The maximum Gasteiger partial charge on any atom is 0.190 e. The zero-order valence-corrected chi connectivity index (χ0v) is 14.6. The lowest BCUT2D eigenvalue weighted by molar-refractivity contribution is 0.395. The molecule has 0 aromatic heterocycles. The third-order valence-corrected chi connectivity index (χ3v) is 16.1. The number of hydrogen-bond acceptors (Lipinski definition) is 1. The van der Waals surface area contributed by atoms with Gasteiger partial charge in [0.1, 0.15) is 0 Å². The summed E-state index contributed by atoms with van der Waals surface area (Å²) in [6, 6.07) is 11.0. The van der Waals surface area contributed by atoms with Gasteiger partial charge in [0, 0.05) is 7.11 Å². The molecule has 1 aromatic carbocycles. The van der Waals surface area contributed by atoms with Crippen molar-refractivity contribution in [1.29, 1.82) is 0 Å². The van der Waals surface area contributed by atoms with Crippen molar-refractivity contribution in [2.75, 3.05) is 7.11 Å². The molecule has 1 saturated carbocycles. The summed E-state index contributed by atoms with van der Waals surface area (Å²) in [5, 5.41) is 0. The standard InChI is InChI=1S/C15H26OSi2/c1-16-18(5,6)15(17(2,3)4)12-14(15)13-10-8-7-9-11-13/h7-11,14H,12H2,1-6H3/t14-,15+/m1/s1. The Kier molecular flexibility index (Phi) is 3.37. The number of hydrogen-bond donors (Lipinski definition) is 0. The summed E-state index contributed by atoms with van der Waals surface area (Å²) >= 11 is 0. The van der Waals surface area contributed by atoms with Crippen molar-refractivity contribution in [3.8, 4) is 0 Å². The first-order valence-electron chi connectivity index (χ1n) is 6.86. The Morgan fingerprint density at radius 3 is 2.06 bits per heavy atom. The number of benzene rings is 1. The normalized spacial score (nSPS) is 28.2. The van der Waals surface area contributed by atoms with Crippen LogP contribution in [0.1, 0.15) is 17.9 Å². The molecule has 1 nitrogen and oxygen atoms in total. The zero-order chi connectivity index (χ0) is 13.6. The molecule has 0 bridgehead atoms. The van der Waals surface area contributed by atoms with Gasteiger partial charge in [0.15, 0.2) is 8.32 Å². The van der Waals surface area contributed by atoms with Gasteiger partial charge in [-0.3, -0.25) is 0 Å². The molecular formula is C15H26OSi2. The lowest BCUT2D eigenvalue weighted by Crippen LogP contribution is -2.50. The summed E-state index contributed by atoms with van der Waals surface area (Å²) in [6.45, 7) is 12.4. The molecule has 1 aliphatic carbocycles. The third-order valence-electron chi connectivity index (χ3n) is 5.09. The fraction of sp³-hybridized carbons (Fsp3) is 0.600. The minimum Gasteiger partial charge on any atom is -0.420 e. The lowest BCUT2D eigenvalue weighted by Gasteiger charge is -2.41. The van der Waals surface area contributed by atoms with Crippen LogP contribution in [-0.4, -0.2) is 23.5 Å². The Balaban J connectivity index is 2.39. The van der Waals surface area contributed by atoms with E-state index in [9.17, 15) is 0 Å². The quantitative estimate of drug-likeness (QED) is 0.729. The Labute approximate surface area is 114 Å². The first-order chi connectivity index (χ1) is 8.26. The molecule has 0 spiro atoms. The largest absolute Gasteiger partial charge is 0.420 e. The smallest absolute Gasteiger partial charge is 0.190 e. The predicted molar refractivity (Wildman–Crippen MR) is 84.3 cm³/mol. The second-order valence-electron chi connectivity index (χ2n) is 7.10. The maximum atomic E-state index is 6.02. The summed E-state index contributed by atoms with van der Waals surface area (Å²) in [4.78, 5) is 0. The summed E-state index contributed by atoms with van der Waals surface area (Å²) < 4.78 is 6.53. The summed E-state index contributed by atoms with van der Waals surface area (Å²) in [5.74, 6) is 0.743. The molecule has 2 atom stereocenters. The van der Waals surface area contributed by atoms with Crippen LogP contribution in [0.2, 0.25) is 37.4 Å². The van der Waals surface area contributed by atoms with Crippen LogP contribution in [0.5, 0.6) is 0 Å². The van der Waals surface area contributed by atoms with Crippen molar-refractivity contribution in [1.82, 2.24) is 0 Å². The fourth-order valence-corrected chi connectivity index (χ4v) is 15.6. The van der Waals surface area contributed by atoms with E-state index < -0.39 is 16.4 Å². The van der Waals surface area contributed by atoms with Crippen LogP contribution in [0, 0.1) is 0 Å². The average Bonchev–Trinajstić information content (AvgIpc) is 3.06. The van der Waals surface area contributed by atoms with Crippen LogP contribution < -0.4 is 0 Å². The zero-order valence-electron chi connectivity index (χ0n) is 12.6. The van der Waals surface area contributed by atoms with E-state index >= 15 is 0 Å². The van der Waals surface area contributed by atoms with Crippen molar-refractivity contribution in [2.45, 2.75) is 49.7 Å². The van der Waals surface area contributed by atoms with Gasteiger partial charge >= 0.3 is 0 Å². The van der Waals surface area contributed by atoms with Crippen molar-refractivity contribution in [3.63, 3.8) is 0 Å². The molecular weight excluding hydrogens is 252 g/mol. The SMILES string of the molecule is CO[Si](C)(C)[C@@]1([Si](C)(C)C)C[C@@H]1c1ccccc1. The van der Waals surface area contributed by atoms with Crippen LogP contribution in [0.25, 0.3) is 0 Å². The van der Waals surface area contributed by atoms with Gasteiger partial charge in [-0.1, -0.05) is 50.0 Å². The minimum absolute atomic E-state index is 0.510. The predicted octanol–water partition coefficient (Wildman–Crippen LogP) is 4.64. The topological polar surface area (TPSA) is 9.23 Å². The van der Waals surface area contributed by atoms with E-state index in [4.69, 9.17) is 4.43 Å². The molecule has 100 valence electrons. The monoisotopic (exact) mass is 278 g/mol. The van der Waals surface area contributed by atoms with Crippen molar-refractivity contribution in [2.24, 2.45) is 0 Å². The van der Waals surface area contributed by atoms with Gasteiger partial charge in [0.25, 0.3) is 0 Å². The highest BCUT2D eigenvalue weighted by Crippen LogP contribution is 2.75. The highest BCUT2D eigenvalue weighted by Gasteiger charge is 2.70. The molecule has 1 aliphatic rings. The number of rotatable bonds is 4. The Morgan fingerprint density at radius 2 is 1.61 bits per heavy atom. The van der Waals surface area contributed by atoms with E-state index in [1.807, 2.05) is 7.11 Å². The van der Waals surface area contributed by atoms with Gasteiger partial charge in [0.2, 0.25) is 0 Å². The highest BCUT2D eigenvalue weighted by atomic mass is 28.4. The Bertz CT molecular complexity index is 422. The van der Waals surface area contributed by atoms with Crippen LogP contribution in [0.4, 0.5) is 0 Å². The molecule has 0 amide bonds. The van der Waals surface area contributed by atoms with Gasteiger partial charge in [-0.2, -0.15) is 0 Å². The van der Waals surface area contributed by atoms with Crippen molar-refractivity contribution in [3.05, 3.63) is 35.9 Å². The fourth-order valence-electron chi connectivity index (χ4n) is 3.93. The van der Waals surface area contributed by atoms with E-state index in [0.717, 1.165) is 5.92 Å². The average molecular weight is 279 g/mol. The van der Waals surface area contributed by atoms with E-state index in [1.54, 1.807) is 0 Å². The third kappa shape index (κ3) is 1.93. The van der Waals surface area contributed by atoms with Crippen molar-refractivity contribution >= 4 is 16.4 Å². The molecule has 0 N–H and O–H groups in total. The molecule has 0 aliphatic heterocycles. The lowest BCUT2D eigenvalue weighted by atomic mass is 10.1. The van der Waals surface area contributed by atoms with E-state index in [2.05, 4.69) is 63.1 Å². The summed E-state index contributed by atoms with van der Waals surface area (Å²) in [6.07, 6.45) is 1.35. The van der Waals surface area contributed by atoms with Gasteiger partial charge in [0.05, 0.1) is 8.07 Å².